The number of carbonyl (C=O) groups is 2. The number of ether oxygens (including phenoxy) is 2. The SMILES string of the molecule is Cc1cc(OCC(NC(=O)OCC2c3ccccc3-c3ccccc32)C(=O)O)ccc1F. The topological polar surface area (TPSA) is 84.9 Å². The highest BCUT2D eigenvalue weighted by atomic mass is 19.1. The Balaban J connectivity index is 1.38. The van der Waals surface area contributed by atoms with Gasteiger partial charge in [-0.1, -0.05) is 48.5 Å². The zero-order valence-corrected chi connectivity index (χ0v) is 17.4. The van der Waals surface area contributed by atoms with Gasteiger partial charge >= 0.3 is 12.1 Å². The molecule has 1 amide bonds. The average Bonchev–Trinajstić information content (AvgIpc) is 3.11. The van der Waals surface area contributed by atoms with Crippen molar-refractivity contribution in [1.82, 2.24) is 5.32 Å². The predicted octanol–water partition coefficient (Wildman–Crippen LogP) is 4.50. The molecule has 1 atom stereocenters. The van der Waals surface area contributed by atoms with E-state index in [1.807, 2.05) is 48.5 Å². The van der Waals surface area contributed by atoms with Crippen LogP contribution in [-0.2, 0) is 9.53 Å². The Hall–Kier alpha value is -3.87. The number of halogens is 1. The van der Waals surface area contributed by atoms with Crippen LogP contribution < -0.4 is 10.1 Å². The van der Waals surface area contributed by atoms with Gasteiger partial charge in [-0.15, -0.1) is 0 Å². The number of amides is 1. The van der Waals surface area contributed by atoms with E-state index in [-0.39, 0.29) is 24.9 Å². The van der Waals surface area contributed by atoms with Crippen molar-refractivity contribution in [2.24, 2.45) is 0 Å². The van der Waals surface area contributed by atoms with Gasteiger partial charge in [-0.25, -0.2) is 14.0 Å². The zero-order valence-electron chi connectivity index (χ0n) is 17.4. The fraction of sp³-hybridized carbons (Fsp3) is 0.200. The summed E-state index contributed by atoms with van der Waals surface area (Å²) >= 11 is 0. The lowest BCUT2D eigenvalue weighted by atomic mass is 9.98. The quantitative estimate of drug-likeness (QED) is 0.571. The lowest BCUT2D eigenvalue weighted by molar-refractivity contribution is -0.140. The van der Waals surface area contributed by atoms with Crippen LogP contribution in [-0.4, -0.2) is 36.4 Å². The molecule has 32 heavy (non-hydrogen) atoms. The van der Waals surface area contributed by atoms with Crippen LogP contribution >= 0.6 is 0 Å². The van der Waals surface area contributed by atoms with Crippen LogP contribution in [0.15, 0.2) is 66.7 Å². The maximum Gasteiger partial charge on any atom is 0.407 e. The van der Waals surface area contributed by atoms with Crippen molar-refractivity contribution >= 4 is 12.1 Å². The standard InChI is InChI=1S/C25H22FNO5/c1-15-12-16(10-11-22(15)26)31-14-23(24(28)29)27-25(30)32-13-21-19-8-4-2-6-17(19)18-7-3-5-9-20(18)21/h2-12,21,23H,13-14H2,1H3,(H,27,30)(H,28,29). The number of aliphatic carboxylic acids is 1. The van der Waals surface area contributed by atoms with Gasteiger partial charge in [0.2, 0.25) is 0 Å². The molecule has 0 aromatic heterocycles. The summed E-state index contributed by atoms with van der Waals surface area (Å²) in [4.78, 5) is 23.9. The summed E-state index contributed by atoms with van der Waals surface area (Å²) in [6, 6.07) is 18.6. The monoisotopic (exact) mass is 435 g/mol. The van der Waals surface area contributed by atoms with Crippen LogP contribution in [0, 0.1) is 12.7 Å². The van der Waals surface area contributed by atoms with E-state index >= 15 is 0 Å². The molecular weight excluding hydrogens is 413 g/mol. The second kappa shape index (κ2) is 9.09. The molecule has 3 aromatic carbocycles. The zero-order chi connectivity index (χ0) is 22.7. The van der Waals surface area contributed by atoms with Crippen LogP contribution in [0.3, 0.4) is 0 Å². The van der Waals surface area contributed by atoms with E-state index in [2.05, 4.69) is 5.32 Å². The second-order valence-corrected chi connectivity index (χ2v) is 7.58. The number of rotatable bonds is 7. The number of carbonyl (C=O) groups excluding carboxylic acids is 1. The summed E-state index contributed by atoms with van der Waals surface area (Å²) in [6.07, 6.45) is -0.849. The molecule has 3 aromatic rings. The average molecular weight is 435 g/mol. The summed E-state index contributed by atoms with van der Waals surface area (Å²) in [6.45, 7) is 1.32. The number of aryl methyl sites for hydroxylation is 1. The fourth-order valence-electron chi connectivity index (χ4n) is 3.84. The number of carboxylic acid groups (broad SMARTS) is 1. The normalized spacial score (nSPS) is 13.1. The highest BCUT2D eigenvalue weighted by molar-refractivity contribution is 5.81. The predicted molar refractivity (Wildman–Crippen MR) is 116 cm³/mol. The van der Waals surface area contributed by atoms with Gasteiger partial charge in [-0.05, 0) is 52.9 Å². The third-order valence-corrected chi connectivity index (χ3v) is 5.48. The van der Waals surface area contributed by atoms with Crippen LogP contribution in [0.5, 0.6) is 5.75 Å². The summed E-state index contributed by atoms with van der Waals surface area (Å²) in [5, 5.41) is 11.8. The van der Waals surface area contributed by atoms with Crippen LogP contribution in [0.25, 0.3) is 11.1 Å². The van der Waals surface area contributed by atoms with Gasteiger partial charge in [0.1, 0.15) is 24.8 Å². The van der Waals surface area contributed by atoms with Crippen molar-refractivity contribution in [2.45, 2.75) is 18.9 Å². The van der Waals surface area contributed by atoms with Gasteiger partial charge in [0.05, 0.1) is 0 Å². The molecule has 164 valence electrons. The van der Waals surface area contributed by atoms with E-state index in [0.717, 1.165) is 22.3 Å². The lowest BCUT2D eigenvalue weighted by Gasteiger charge is -2.18. The Morgan fingerprint density at radius 1 is 1.03 bits per heavy atom. The van der Waals surface area contributed by atoms with Crippen molar-refractivity contribution in [2.75, 3.05) is 13.2 Å². The molecule has 0 saturated carbocycles. The molecule has 0 saturated heterocycles. The number of nitrogens with one attached hydrogen (secondary N) is 1. The van der Waals surface area contributed by atoms with E-state index in [4.69, 9.17) is 9.47 Å². The highest BCUT2D eigenvalue weighted by Gasteiger charge is 2.29. The minimum atomic E-state index is -1.32. The number of fused-ring (bicyclic) bond motifs is 3. The molecular formula is C25H22FNO5. The first-order valence-corrected chi connectivity index (χ1v) is 10.2. The highest BCUT2D eigenvalue weighted by Crippen LogP contribution is 2.44. The smallest absolute Gasteiger partial charge is 0.407 e. The number of hydrogen-bond donors (Lipinski definition) is 2. The van der Waals surface area contributed by atoms with Crippen LogP contribution in [0.2, 0.25) is 0 Å². The third-order valence-electron chi connectivity index (χ3n) is 5.48. The first-order chi connectivity index (χ1) is 15.4. The molecule has 0 heterocycles. The molecule has 7 heteroatoms. The molecule has 1 unspecified atom stereocenters. The van der Waals surface area contributed by atoms with Crippen molar-refractivity contribution in [3.8, 4) is 16.9 Å². The minimum Gasteiger partial charge on any atom is -0.491 e. The minimum absolute atomic E-state index is 0.0736. The van der Waals surface area contributed by atoms with Gasteiger partial charge in [0.25, 0.3) is 0 Å². The Bertz CT molecular complexity index is 1120. The molecule has 0 aliphatic heterocycles. The molecule has 1 aliphatic rings. The van der Waals surface area contributed by atoms with Crippen molar-refractivity contribution in [3.63, 3.8) is 0 Å². The molecule has 0 fully saturated rings. The molecule has 0 radical (unpaired) electrons. The lowest BCUT2D eigenvalue weighted by Crippen LogP contribution is -2.45. The maximum absolute atomic E-state index is 13.4. The number of benzene rings is 3. The number of hydrogen-bond acceptors (Lipinski definition) is 4. The fourth-order valence-corrected chi connectivity index (χ4v) is 3.84. The van der Waals surface area contributed by atoms with E-state index in [1.165, 1.54) is 18.2 Å². The maximum atomic E-state index is 13.4. The van der Waals surface area contributed by atoms with E-state index in [9.17, 15) is 19.1 Å². The van der Waals surface area contributed by atoms with Crippen molar-refractivity contribution in [3.05, 3.63) is 89.2 Å². The molecule has 0 bridgehead atoms. The largest absolute Gasteiger partial charge is 0.491 e. The molecule has 0 spiro atoms. The van der Waals surface area contributed by atoms with Gasteiger partial charge in [0.15, 0.2) is 6.04 Å². The van der Waals surface area contributed by atoms with Crippen molar-refractivity contribution < 1.29 is 28.6 Å². The second-order valence-electron chi connectivity index (χ2n) is 7.58. The van der Waals surface area contributed by atoms with E-state index < -0.39 is 18.1 Å². The first kappa shape index (κ1) is 21.4. The Labute approximate surface area is 184 Å². The molecule has 1 aliphatic carbocycles. The Kier molecular flexibility index (Phi) is 6.07. The van der Waals surface area contributed by atoms with E-state index in [1.54, 1.807) is 6.92 Å². The third kappa shape index (κ3) is 4.42. The van der Waals surface area contributed by atoms with Gasteiger partial charge < -0.3 is 19.9 Å². The van der Waals surface area contributed by atoms with Crippen LogP contribution in [0.4, 0.5) is 9.18 Å². The summed E-state index contributed by atoms with van der Waals surface area (Å²) in [5.41, 5.74) is 4.70. The summed E-state index contributed by atoms with van der Waals surface area (Å²) < 4.78 is 24.2. The van der Waals surface area contributed by atoms with Gasteiger partial charge in [0, 0.05) is 5.92 Å². The van der Waals surface area contributed by atoms with Gasteiger partial charge in [-0.3, -0.25) is 0 Å². The summed E-state index contributed by atoms with van der Waals surface area (Å²) in [7, 11) is 0. The molecule has 4 rings (SSSR count). The van der Waals surface area contributed by atoms with Crippen LogP contribution in [0.1, 0.15) is 22.6 Å². The Morgan fingerprint density at radius 2 is 1.66 bits per heavy atom. The summed E-state index contributed by atoms with van der Waals surface area (Å²) in [5.74, 6) is -1.47. The Morgan fingerprint density at radius 3 is 2.25 bits per heavy atom. The molecule has 6 nitrogen and oxygen atoms in total. The van der Waals surface area contributed by atoms with Crippen molar-refractivity contribution in [1.29, 1.82) is 0 Å². The number of alkyl carbamates (subject to hydrolysis) is 1. The van der Waals surface area contributed by atoms with E-state index in [0.29, 0.717) is 11.3 Å². The molecule has 2 N–H and O–H groups in total. The number of carboxylic acids is 1. The first-order valence-electron chi connectivity index (χ1n) is 10.2. The van der Waals surface area contributed by atoms with Gasteiger partial charge in [-0.2, -0.15) is 0 Å².